The van der Waals surface area contributed by atoms with Gasteiger partial charge in [-0.15, -0.1) is 13.2 Å². The first kappa shape index (κ1) is 25.0. The molecular formula is C23H27F3N2O4. The quantitative estimate of drug-likeness (QED) is 0.600. The lowest BCUT2D eigenvalue weighted by Gasteiger charge is -2.27. The van der Waals surface area contributed by atoms with Crippen LogP contribution in [-0.4, -0.2) is 35.4 Å². The lowest BCUT2D eigenvalue weighted by molar-refractivity contribution is -0.274. The molecule has 2 aromatic carbocycles. The number of hydrogen-bond donors (Lipinski definition) is 1. The van der Waals surface area contributed by atoms with Crippen LogP contribution < -0.4 is 10.1 Å². The Morgan fingerprint density at radius 1 is 1.00 bits per heavy atom. The average molecular weight is 452 g/mol. The SMILES string of the molecule is CCN(Cc1ccccc1NC(=O)Cc1ccc(OC(F)(F)F)cc1)C(=O)OC(C)(C)C. The van der Waals surface area contributed by atoms with Crippen molar-refractivity contribution >= 4 is 17.7 Å². The van der Waals surface area contributed by atoms with Gasteiger partial charge in [0.25, 0.3) is 0 Å². The highest BCUT2D eigenvalue weighted by atomic mass is 19.4. The summed E-state index contributed by atoms with van der Waals surface area (Å²) in [6.07, 6.45) is -5.26. The van der Waals surface area contributed by atoms with Crippen LogP contribution in [0.3, 0.4) is 0 Å². The monoisotopic (exact) mass is 452 g/mol. The molecule has 0 unspecified atom stereocenters. The summed E-state index contributed by atoms with van der Waals surface area (Å²) in [5.41, 5.74) is 1.16. The Kier molecular flexibility index (Phi) is 8.13. The summed E-state index contributed by atoms with van der Waals surface area (Å²) in [6, 6.07) is 12.2. The number of carbonyl (C=O) groups is 2. The number of benzene rings is 2. The van der Waals surface area contributed by atoms with Crippen LogP contribution in [0.1, 0.15) is 38.8 Å². The molecule has 32 heavy (non-hydrogen) atoms. The fraction of sp³-hybridized carbons (Fsp3) is 0.391. The van der Waals surface area contributed by atoms with Gasteiger partial charge in [0.2, 0.25) is 5.91 Å². The molecule has 174 valence electrons. The lowest BCUT2D eigenvalue weighted by atomic mass is 10.1. The maximum atomic E-state index is 12.5. The highest BCUT2D eigenvalue weighted by Crippen LogP contribution is 2.23. The zero-order chi connectivity index (χ0) is 23.9. The summed E-state index contributed by atoms with van der Waals surface area (Å²) in [7, 11) is 0. The molecule has 2 aromatic rings. The largest absolute Gasteiger partial charge is 0.573 e. The van der Waals surface area contributed by atoms with E-state index in [2.05, 4.69) is 10.1 Å². The molecule has 0 heterocycles. The molecule has 6 nitrogen and oxygen atoms in total. The van der Waals surface area contributed by atoms with Crippen molar-refractivity contribution in [3.8, 4) is 5.75 Å². The van der Waals surface area contributed by atoms with E-state index in [0.29, 0.717) is 17.8 Å². The van der Waals surface area contributed by atoms with Gasteiger partial charge in [-0.3, -0.25) is 4.79 Å². The van der Waals surface area contributed by atoms with Crippen LogP contribution in [0.2, 0.25) is 0 Å². The van der Waals surface area contributed by atoms with Crippen molar-refractivity contribution in [1.29, 1.82) is 0 Å². The topological polar surface area (TPSA) is 67.9 Å². The minimum absolute atomic E-state index is 0.0375. The van der Waals surface area contributed by atoms with Crippen LogP contribution in [0.15, 0.2) is 48.5 Å². The van der Waals surface area contributed by atoms with Gasteiger partial charge in [0.05, 0.1) is 13.0 Å². The number of hydrogen-bond acceptors (Lipinski definition) is 4. The van der Waals surface area contributed by atoms with Crippen LogP contribution in [0, 0.1) is 0 Å². The van der Waals surface area contributed by atoms with E-state index in [4.69, 9.17) is 4.74 Å². The van der Waals surface area contributed by atoms with Crippen molar-refractivity contribution in [2.45, 2.75) is 52.6 Å². The predicted molar refractivity (Wildman–Crippen MR) is 114 cm³/mol. The molecule has 0 saturated carbocycles. The molecule has 0 spiro atoms. The van der Waals surface area contributed by atoms with E-state index < -0.39 is 18.1 Å². The Bertz CT molecular complexity index is 922. The molecular weight excluding hydrogens is 425 g/mol. The van der Waals surface area contributed by atoms with Gasteiger partial charge in [0, 0.05) is 12.2 Å². The number of nitrogens with one attached hydrogen (secondary N) is 1. The number of para-hydroxylation sites is 1. The van der Waals surface area contributed by atoms with Crippen molar-refractivity contribution in [1.82, 2.24) is 4.90 Å². The van der Waals surface area contributed by atoms with Gasteiger partial charge in [-0.05, 0) is 57.0 Å². The van der Waals surface area contributed by atoms with Crippen molar-refractivity contribution in [3.63, 3.8) is 0 Å². The highest BCUT2D eigenvalue weighted by Gasteiger charge is 2.31. The van der Waals surface area contributed by atoms with Gasteiger partial charge in [-0.1, -0.05) is 30.3 Å². The van der Waals surface area contributed by atoms with Crippen molar-refractivity contribution in [2.24, 2.45) is 0 Å². The molecule has 0 bridgehead atoms. The minimum atomic E-state index is -4.77. The summed E-state index contributed by atoms with van der Waals surface area (Å²) in [5, 5.41) is 2.80. The number of carbonyl (C=O) groups excluding carboxylic acids is 2. The van der Waals surface area contributed by atoms with Gasteiger partial charge < -0.3 is 19.7 Å². The number of ether oxygens (including phenoxy) is 2. The molecule has 2 rings (SSSR count). The van der Waals surface area contributed by atoms with Gasteiger partial charge in [0.1, 0.15) is 11.4 Å². The van der Waals surface area contributed by atoms with Crippen molar-refractivity contribution in [3.05, 3.63) is 59.7 Å². The molecule has 0 aliphatic carbocycles. The third-order valence-electron chi connectivity index (χ3n) is 4.21. The molecule has 0 aromatic heterocycles. The third kappa shape index (κ3) is 8.49. The molecule has 0 aliphatic heterocycles. The first-order chi connectivity index (χ1) is 14.9. The minimum Gasteiger partial charge on any atom is -0.444 e. The second-order valence-electron chi connectivity index (χ2n) is 8.07. The molecule has 2 amide bonds. The van der Waals surface area contributed by atoms with Crippen LogP contribution in [0.4, 0.5) is 23.7 Å². The number of rotatable bonds is 7. The standard InChI is InChI=1S/C23H27F3N2O4/c1-5-28(21(30)32-22(2,3)4)15-17-8-6-7-9-19(17)27-20(29)14-16-10-12-18(13-11-16)31-23(24,25)26/h6-13H,5,14-15H2,1-4H3,(H,27,29). The molecule has 0 atom stereocenters. The summed E-state index contributed by atoms with van der Waals surface area (Å²) in [4.78, 5) is 26.4. The van der Waals surface area contributed by atoms with E-state index in [-0.39, 0.29) is 24.6 Å². The van der Waals surface area contributed by atoms with Gasteiger partial charge >= 0.3 is 12.5 Å². The van der Waals surface area contributed by atoms with Crippen LogP contribution in [0.5, 0.6) is 5.75 Å². The Morgan fingerprint density at radius 3 is 2.19 bits per heavy atom. The van der Waals surface area contributed by atoms with E-state index in [1.807, 2.05) is 6.92 Å². The van der Waals surface area contributed by atoms with Crippen molar-refractivity contribution in [2.75, 3.05) is 11.9 Å². The Hall–Kier alpha value is -3.23. The van der Waals surface area contributed by atoms with Crippen molar-refractivity contribution < 1.29 is 32.2 Å². The molecule has 0 saturated heterocycles. The third-order valence-corrected chi connectivity index (χ3v) is 4.21. The molecule has 1 N–H and O–H groups in total. The maximum Gasteiger partial charge on any atom is 0.573 e. The van der Waals surface area contributed by atoms with E-state index in [0.717, 1.165) is 17.7 Å². The van der Waals surface area contributed by atoms with Gasteiger partial charge in [-0.2, -0.15) is 0 Å². The Balaban J connectivity index is 2.04. The second kappa shape index (κ2) is 10.4. The van der Waals surface area contributed by atoms with Gasteiger partial charge in [0.15, 0.2) is 0 Å². The summed E-state index contributed by atoms with van der Waals surface area (Å²) >= 11 is 0. The molecule has 0 aliphatic rings. The van der Waals surface area contributed by atoms with E-state index in [1.54, 1.807) is 45.0 Å². The van der Waals surface area contributed by atoms with Crippen LogP contribution >= 0.6 is 0 Å². The molecule has 0 fully saturated rings. The summed E-state index contributed by atoms with van der Waals surface area (Å²) < 4.78 is 46.0. The Labute approximate surface area is 185 Å². The number of alkyl halides is 3. The summed E-state index contributed by atoms with van der Waals surface area (Å²) in [6.45, 7) is 7.85. The first-order valence-corrected chi connectivity index (χ1v) is 10.1. The zero-order valence-corrected chi connectivity index (χ0v) is 18.5. The number of anilines is 1. The Morgan fingerprint density at radius 2 is 1.62 bits per heavy atom. The average Bonchev–Trinajstić information content (AvgIpc) is 2.66. The predicted octanol–water partition coefficient (Wildman–Crippen LogP) is 5.52. The second-order valence-corrected chi connectivity index (χ2v) is 8.07. The fourth-order valence-corrected chi connectivity index (χ4v) is 2.81. The number of nitrogens with zero attached hydrogens (tertiary/aromatic N) is 1. The van der Waals surface area contributed by atoms with Gasteiger partial charge in [-0.25, -0.2) is 4.79 Å². The van der Waals surface area contributed by atoms with E-state index >= 15 is 0 Å². The van der Waals surface area contributed by atoms with E-state index in [9.17, 15) is 22.8 Å². The number of halogens is 3. The van der Waals surface area contributed by atoms with Crippen LogP contribution in [-0.2, 0) is 22.5 Å². The smallest absolute Gasteiger partial charge is 0.444 e. The van der Waals surface area contributed by atoms with E-state index in [1.165, 1.54) is 17.0 Å². The first-order valence-electron chi connectivity index (χ1n) is 10.1. The number of amides is 2. The molecule has 9 heteroatoms. The summed E-state index contributed by atoms with van der Waals surface area (Å²) in [5.74, 6) is -0.698. The zero-order valence-electron chi connectivity index (χ0n) is 18.5. The van der Waals surface area contributed by atoms with Crippen LogP contribution in [0.25, 0.3) is 0 Å². The fourth-order valence-electron chi connectivity index (χ4n) is 2.81. The maximum absolute atomic E-state index is 12.5. The molecule has 0 radical (unpaired) electrons. The lowest BCUT2D eigenvalue weighted by Crippen LogP contribution is -2.36. The normalized spacial score (nSPS) is 11.6. The highest BCUT2D eigenvalue weighted by molar-refractivity contribution is 5.93.